The van der Waals surface area contributed by atoms with Gasteiger partial charge < -0.3 is 4.74 Å². The summed E-state index contributed by atoms with van der Waals surface area (Å²) >= 11 is 4.65. The van der Waals surface area contributed by atoms with Crippen molar-refractivity contribution in [1.29, 1.82) is 0 Å². The Labute approximate surface area is 208 Å². The molecule has 0 aliphatic heterocycles. The molecule has 1 atom stereocenters. The smallest absolute Gasteiger partial charge is 0.220 e. The Morgan fingerprint density at radius 3 is 2.38 bits per heavy atom. The maximum atomic E-state index is 13.4. The summed E-state index contributed by atoms with van der Waals surface area (Å²) < 4.78 is 22.0. The van der Waals surface area contributed by atoms with E-state index in [0.29, 0.717) is 29.0 Å². The van der Waals surface area contributed by atoms with Crippen LogP contribution in [0.1, 0.15) is 22.2 Å². The van der Waals surface area contributed by atoms with Gasteiger partial charge in [0.2, 0.25) is 6.54 Å². The highest BCUT2D eigenvalue weighted by Crippen LogP contribution is 2.36. The van der Waals surface area contributed by atoms with E-state index in [0.717, 1.165) is 15.6 Å². The lowest BCUT2D eigenvalue weighted by atomic mass is 10.1. The molecule has 0 saturated carbocycles. The first kappa shape index (κ1) is 23.9. The number of ether oxygens (including phenoxy) is 1. The van der Waals surface area contributed by atoms with Crippen molar-refractivity contribution >= 4 is 27.7 Å². The van der Waals surface area contributed by atoms with Crippen molar-refractivity contribution in [2.75, 3.05) is 6.54 Å². The number of hydrogen-bond donors (Lipinski definition) is 0. The van der Waals surface area contributed by atoms with E-state index in [4.69, 9.17) is 4.74 Å². The molecule has 10 heteroatoms. The molecule has 0 unspecified atom stereocenters. The number of halogens is 2. The van der Waals surface area contributed by atoms with E-state index >= 15 is 0 Å². The molecule has 0 aliphatic rings. The average Bonchev–Trinajstić information content (AvgIpc) is 3.19. The highest BCUT2D eigenvalue weighted by Gasteiger charge is 2.24. The highest BCUT2D eigenvalue weighted by atomic mass is 79.9. The van der Waals surface area contributed by atoms with Crippen LogP contribution in [-0.2, 0) is 6.61 Å². The monoisotopic (exact) mass is 542 g/mol. The van der Waals surface area contributed by atoms with Gasteiger partial charge in [0.25, 0.3) is 0 Å². The molecule has 0 fully saturated rings. The number of rotatable bonds is 9. The standard InChI is InChI=1S/C24H20BrFN4O3S/c1-16-27-28-24(30(16)21-10-8-20(26)9-11-21)34-23(14-29(31)32)18-4-12-22(13-5-18)33-15-17-2-6-19(25)7-3-17/h2-13,23H,14-15H2,1H3/t23-/m0/s1. The topological polar surface area (TPSA) is 83.1 Å². The molecule has 0 saturated heterocycles. The molecule has 3 aromatic carbocycles. The summed E-state index contributed by atoms with van der Waals surface area (Å²) in [5, 5.41) is 19.7. The maximum Gasteiger partial charge on any atom is 0.220 e. The van der Waals surface area contributed by atoms with E-state index in [1.54, 1.807) is 35.8 Å². The third-order valence-electron chi connectivity index (χ3n) is 5.01. The third kappa shape index (κ3) is 6.00. The van der Waals surface area contributed by atoms with Crippen LogP contribution >= 0.6 is 27.7 Å². The minimum atomic E-state index is -0.502. The van der Waals surface area contributed by atoms with E-state index in [9.17, 15) is 14.5 Å². The van der Waals surface area contributed by atoms with Crippen molar-refractivity contribution in [3.05, 3.63) is 110 Å². The summed E-state index contributed by atoms with van der Waals surface area (Å²) in [5.41, 5.74) is 2.48. The van der Waals surface area contributed by atoms with Crippen molar-refractivity contribution < 1.29 is 14.1 Å². The Kier molecular flexibility index (Phi) is 7.59. The zero-order valence-corrected chi connectivity index (χ0v) is 20.5. The number of aryl methyl sites for hydroxylation is 1. The minimum absolute atomic E-state index is 0.293. The molecule has 1 heterocycles. The van der Waals surface area contributed by atoms with Gasteiger partial charge in [0.1, 0.15) is 29.2 Å². The summed E-state index contributed by atoms with van der Waals surface area (Å²) in [6.07, 6.45) is 0. The van der Waals surface area contributed by atoms with Gasteiger partial charge >= 0.3 is 0 Å². The molecule has 34 heavy (non-hydrogen) atoms. The van der Waals surface area contributed by atoms with Crippen molar-refractivity contribution in [2.24, 2.45) is 0 Å². The summed E-state index contributed by atoms with van der Waals surface area (Å²) in [4.78, 5) is 11.1. The van der Waals surface area contributed by atoms with E-state index < -0.39 is 5.25 Å². The van der Waals surface area contributed by atoms with Crippen LogP contribution in [0.5, 0.6) is 5.75 Å². The number of thioether (sulfide) groups is 1. The van der Waals surface area contributed by atoms with E-state index in [-0.39, 0.29) is 17.3 Å². The molecular formula is C24H20BrFN4O3S. The minimum Gasteiger partial charge on any atom is -0.489 e. The lowest BCUT2D eigenvalue weighted by Crippen LogP contribution is -2.11. The van der Waals surface area contributed by atoms with Crippen LogP contribution < -0.4 is 4.74 Å². The number of nitrogens with zero attached hydrogens (tertiary/aromatic N) is 4. The molecule has 0 radical (unpaired) electrons. The number of aromatic nitrogens is 3. The van der Waals surface area contributed by atoms with Crippen LogP contribution in [0.2, 0.25) is 0 Å². The molecule has 0 amide bonds. The summed E-state index contributed by atoms with van der Waals surface area (Å²) in [5.74, 6) is 0.921. The molecule has 4 aromatic rings. The van der Waals surface area contributed by atoms with Crippen LogP contribution in [0.3, 0.4) is 0 Å². The first-order valence-electron chi connectivity index (χ1n) is 10.3. The zero-order chi connectivity index (χ0) is 24.1. The second kappa shape index (κ2) is 10.8. The Morgan fingerprint density at radius 2 is 1.74 bits per heavy atom. The fourth-order valence-electron chi connectivity index (χ4n) is 3.31. The van der Waals surface area contributed by atoms with Crippen molar-refractivity contribution in [3.8, 4) is 11.4 Å². The predicted octanol–water partition coefficient (Wildman–Crippen LogP) is 6.17. The molecule has 0 spiro atoms. The van der Waals surface area contributed by atoms with Crippen LogP contribution in [-0.4, -0.2) is 26.2 Å². The lowest BCUT2D eigenvalue weighted by Gasteiger charge is -2.15. The van der Waals surface area contributed by atoms with Crippen LogP contribution in [0.4, 0.5) is 4.39 Å². The molecule has 1 aromatic heterocycles. The number of nitro groups is 1. The van der Waals surface area contributed by atoms with Gasteiger partial charge in [-0.25, -0.2) is 4.39 Å². The molecule has 0 N–H and O–H groups in total. The van der Waals surface area contributed by atoms with E-state index in [1.807, 2.05) is 36.4 Å². The van der Waals surface area contributed by atoms with Crippen LogP contribution in [0, 0.1) is 22.9 Å². The number of hydrogen-bond acceptors (Lipinski definition) is 6. The molecule has 4 rings (SSSR count). The Balaban J connectivity index is 1.52. The molecular weight excluding hydrogens is 523 g/mol. The van der Waals surface area contributed by atoms with Crippen molar-refractivity contribution in [1.82, 2.24) is 14.8 Å². The van der Waals surface area contributed by atoms with Crippen molar-refractivity contribution in [2.45, 2.75) is 23.9 Å². The van der Waals surface area contributed by atoms with Gasteiger partial charge in [0, 0.05) is 15.1 Å². The summed E-state index contributed by atoms with van der Waals surface area (Å²) in [7, 11) is 0. The summed E-state index contributed by atoms with van der Waals surface area (Å²) in [6, 6.07) is 21.0. The van der Waals surface area contributed by atoms with Gasteiger partial charge in [0.15, 0.2) is 5.16 Å². The Hall–Kier alpha value is -3.24. The second-order valence-electron chi connectivity index (χ2n) is 7.45. The zero-order valence-electron chi connectivity index (χ0n) is 18.1. The SMILES string of the molecule is Cc1nnc(S[C@@H](C[N+](=O)[O-])c2ccc(OCc3ccc(Br)cc3)cc2)n1-c1ccc(F)cc1. The quantitative estimate of drug-likeness (QED) is 0.143. The Morgan fingerprint density at radius 1 is 1.06 bits per heavy atom. The fourth-order valence-corrected chi connectivity index (χ4v) is 4.75. The van der Waals surface area contributed by atoms with Crippen LogP contribution in [0.15, 0.2) is 82.4 Å². The molecule has 0 aliphatic carbocycles. The van der Waals surface area contributed by atoms with Gasteiger partial charge in [-0.3, -0.25) is 14.7 Å². The van der Waals surface area contributed by atoms with Crippen molar-refractivity contribution in [3.63, 3.8) is 0 Å². The first-order chi connectivity index (χ1) is 16.4. The predicted molar refractivity (Wildman–Crippen MR) is 131 cm³/mol. The van der Waals surface area contributed by atoms with Gasteiger partial charge in [-0.2, -0.15) is 0 Å². The second-order valence-corrected chi connectivity index (χ2v) is 9.53. The van der Waals surface area contributed by atoms with E-state index in [2.05, 4.69) is 26.1 Å². The van der Waals surface area contributed by atoms with Crippen LogP contribution in [0.25, 0.3) is 5.69 Å². The average molecular weight is 543 g/mol. The van der Waals surface area contributed by atoms with Gasteiger partial charge in [-0.05, 0) is 66.6 Å². The normalized spacial score (nSPS) is 11.9. The molecule has 0 bridgehead atoms. The number of benzene rings is 3. The van der Waals surface area contributed by atoms with Gasteiger partial charge in [-0.15, -0.1) is 10.2 Å². The largest absolute Gasteiger partial charge is 0.489 e. The first-order valence-corrected chi connectivity index (χ1v) is 12.0. The summed E-state index contributed by atoms with van der Waals surface area (Å²) in [6.45, 7) is 1.90. The highest BCUT2D eigenvalue weighted by molar-refractivity contribution is 9.10. The lowest BCUT2D eigenvalue weighted by molar-refractivity contribution is -0.479. The molecule has 7 nitrogen and oxygen atoms in total. The third-order valence-corrected chi connectivity index (χ3v) is 6.72. The van der Waals surface area contributed by atoms with E-state index in [1.165, 1.54) is 23.9 Å². The van der Waals surface area contributed by atoms with Gasteiger partial charge in [-0.1, -0.05) is 52.0 Å². The fraction of sp³-hybridized carbons (Fsp3) is 0.167. The van der Waals surface area contributed by atoms with Gasteiger partial charge in [0.05, 0.1) is 0 Å². The molecule has 174 valence electrons. The maximum absolute atomic E-state index is 13.4. The Bertz CT molecular complexity index is 1270.